The zero-order valence-electron chi connectivity index (χ0n) is 8.29. The fourth-order valence-corrected chi connectivity index (χ4v) is 1.67. The first-order valence-electron chi connectivity index (χ1n) is 4.37. The Labute approximate surface area is 83.9 Å². The van der Waals surface area contributed by atoms with Crippen LogP contribution in [-0.4, -0.2) is 14.8 Å². The van der Waals surface area contributed by atoms with Gasteiger partial charge in [0.2, 0.25) is 0 Å². The highest BCUT2D eigenvalue weighted by Crippen LogP contribution is 2.12. The largest absolute Gasteiger partial charge is 0.392 e. The third kappa shape index (κ3) is 2.06. The zero-order valence-corrected chi connectivity index (χ0v) is 9.11. The molecular formula is C9H15N3S. The molecule has 1 aromatic rings. The molecule has 3 nitrogen and oxygen atoms in total. The molecule has 0 aliphatic heterocycles. The number of aryl methyl sites for hydroxylation is 1. The van der Waals surface area contributed by atoms with Crippen molar-refractivity contribution in [3.63, 3.8) is 0 Å². The standard InChI is InChI=1S/C9H15N3S/c1-4-8-6(2)11-12(7(8)3)5-9(10)13/h4-5H2,1-3H3,(H2,10,13). The van der Waals surface area contributed by atoms with Crippen LogP contribution in [0.5, 0.6) is 0 Å². The first kappa shape index (κ1) is 10.2. The van der Waals surface area contributed by atoms with Crippen LogP contribution in [0.4, 0.5) is 0 Å². The molecule has 0 aliphatic carbocycles. The minimum Gasteiger partial charge on any atom is -0.392 e. The van der Waals surface area contributed by atoms with Crippen molar-refractivity contribution in [2.45, 2.75) is 33.7 Å². The summed E-state index contributed by atoms with van der Waals surface area (Å²) in [5.41, 5.74) is 9.02. The van der Waals surface area contributed by atoms with Gasteiger partial charge in [0.1, 0.15) is 0 Å². The van der Waals surface area contributed by atoms with Crippen LogP contribution in [-0.2, 0) is 13.0 Å². The lowest BCUT2D eigenvalue weighted by atomic mass is 10.1. The van der Waals surface area contributed by atoms with Gasteiger partial charge in [0, 0.05) is 5.69 Å². The Morgan fingerprint density at radius 2 is 2.15 bits per heavy atom. The first-order chi connectivity index (χ1) is 6.06. The van der Waals surface area contributed by atoms with Crippen molar-refractivity contribution >= 4 is 17.2 Å². The predicted molar refractivity (Wildman–Crippen MR) is 57.9 cm³/mol. The van der Waals surface area contributed by atoms with Crippen molar-refractivity contribution in [1.29, 1.82) is 0 Å². The quantitative estimate of drug-likeness (QED) is 0.744. The highest BCUT2D eigenvalue weighted by Gasteiger charge is 2.09. The lowest BCUT2D eigenvalue weighted by Crippen LogP contribution is -2.18. The molecule has 0 unspecified atom stereocenters. The molecule has 0 radical (unpaired) electrons. The van der Waals surface area contributed by atoms with Gasteiger partial charge in [-0.3, -0.25) is 4.68 Å². The molecule has 0 aliphatic rings. The molecule has 0 fully saturated rings. The van der Waals surface area contributed by atoms with E-state index in [0.717, 1.165) is 12.1 Å². The van der Waals surface area contributed by atoms with E-state index in [9.17, 15) is 0 Å². The van der Waals surface area contributed by atoms with E-state index in [1.807, 2.05) is 11.6 Å². The van der Waals surface area contributed by atoms with Gasteiger partial charge in [-0.05, 0) is 25.8 Å². The Balaban J connectivity index is 3.03. The smallest absolute Gasteiger partial charge is 0.0946 e. The number of nitrogens with two attached hydrogens (primary N) is 1. The molecule has 0 atom stereocenters. The second kappa shape index (κ2) is 3.87. The van der Waals surface area contributed by atoms with Crippen molar-refractivity contribution in [3.8, 4) is 0 Å². The summed E-state index contributed by atoms with van der Waals surface area (Å²) in [4.78, 5) is 0.480. The lowest BCUT2D eigenvalue weighted by Gasteiger charge is -2.02. The second-order valence-corrected chi connectivity index (χ2v) is 3.65. The van der Waals surface area contributed by atoms with E-state index < -0.39 is 0 Å². The van der Waals surface area contributed by atoms with E-state index in [4.69, 9.17) is 18.0 Å². The van der Waals surface area contributed by atoms with Gasteiger partial charge < -0.3 is 5.73 Å². The molecule has 1 aromatic heterocycles. The molecule has 1 heterocycles. The average molecular weight is 197 g/mol. The van der Waals surface area contributed by atoms with E-state index in [1.54, 1.807) is 0 Å². The van der Waals surface area contributed by atoms with Crippen LogP contribution in [0.15, 0.2) is 0 Å². The van der Waals surface area contributed by atoms with Gasteiger partial charge in [-0.25, -0.2) is 0 Å². The Bertz CT molecular complexity index is 328. The SMILES string of the molecule is CCc1c(C)nn(CC(N)=S)c1C. The maximum Gasteiger partial charge on any atom is 0.0946 e. The van der Waals surface area contributed by atoms with Crippen LogP contribution in [0.1, 0.15) is 23.9 Å². The fourth-order valence-electron chi connectivity index (χ4n) is 1.55. The number of nitrogens with zero attached hydrogens (tertiary/aromatic N) is 2. The number of hydrogen-bond acceptors (Lipinski definition) is 2. The van der Waals surface area contributed by atoms with Gasteiger partial charge in [-0.15, -0.1) is 0 Å². The summed E-state index contributed by atoms with van der Waals surface area (Å²) in [6, 6.07) is 0. The van der Waals surface area contributed by atoms with Crippen LogP contribution >= 0.6 is 12.2 Å². The van der Waals surface area contributed by atoms with Gasteiger partial charge in [0.15, 0.2) is 0 Å². The number of thiocarbonyl (C=S) groups is 1. The Kier molecular flexibility index (Phi) is 3.03. The van der Waals surface area contributed by atoms with Gasteiger partial charge in [0.25, 0.3) is 0 Å². The van der Waals surface area contributed by atoms with Crippen LogP contribution in [0.3, 0.4) is 0 Å². The molecular weight excluding hydrogens is 182 g/mol. The number of rotatable bonds is 3. The van der Waals surface area contributed by atoms with Gasteiger partial charge in [0.05, 0.1) is 17.2 Å². The normalized spacial score (nSPS) is 10.4. The summed E-state index contributed by atoms with van der Waals surface area (Å²) in [6.07, 6.45) is 1.01. The summed E-state index contributed by atoms with van der Waals surface area (Å²) in [7, 11) is 0. The lowest BCUT2D eigenvalue weighted by molar-refractivity contribution is 0.693. The average Bonchev–Trinajstić information content (AvgIpc) is 2.26. The molecule has 0 saturated carbocycles. The summed E-state index contributed by atoms with van der Waals surface area (Å²) in [5.74, 6) is 0. The molecule has 1 rings (SSSR count). The van der Waals surface area contributed by atoms with Crippen LogP contribution in [0.2, 0.25) is 0 Å². The molecule has 13 heavy (non-hydrogen) atoms. The highest BCUT2D eigenvalue weighted by molar-refractivity contribution is 7.80. The van der Waals surface area contributed by atoms with Crippen molar-refractivity contribution < 1.29 is 0 Å². The van der Waals surface area contributed by atoms with Crippen molar-refractivity contribution in [3.05, 3.63) is 17.0 Å². The summed E-state index contributed by atoms with van der Waals surface area (Å²) in [5, 5.41) is 4.37. The maximum atomic E-state index is 5.46. The van der Waals surface area contributed by atoms with E-state index in [2.05, 4.69) is 18.9 Å². The number of aromatic nitrogens is 2. The third-order valence-corrected chi connectivity index (χ3v) is 2.32. The van der Waals surface area contributed by atoms with Crippen molar-refractivity contribution in [1.82, 2.24) is 9.78 Å². The van der Waals surface area contributed by atoms with Crippen LogP contribution < -0.4 is 5.73 Å². The third-order valence-electron chi connectivity index (χ3n) is 2.19. The molecule has 2 N–H and O–H groups in total. The minimum absolute atomic E-state index is 0.480. The van der Waals surface area contributed by atoms with Gasteiger partial charge >= 0.3 is 0 Å². The Hall–Kier alpha value is -0.900. The van der Waals surface area contributed by atoms with Crippen LogP contribution in [0.25, 0.3) is 0 Å². The first-order valence-corrected chi connectivity index (χ1v) is 4.78. The van der Waals surface area contributed by atoms with E-state index in [-0.39, 0.29) is 0 Å². The maximum absolute atomic E-state index is 5.46. The summed E-state index contributed by atoms with van der Waals surface area (Å²) < 4.78 is 1.87. The summed E-state index contributed by atoms with van der Waals surface area (Å²) >= 11 is 4.84. The molecule has 0 saturated heterocycles. The molecule has 0 spiro atoms. The second-order valence-electron chi connectivity index (χ2n) is 3.13. The topological polar surface area (TPSA) is 43.8 Å². The van der Waals surface area contributed by atoms with Crippen LogP contribution in [0, 0.1) is 13.8 Å². The summed E-state index contributed by atoms with van der Waals surface area (Å²) in [6.45, 7) is 6.74. The molecule has 4 heteroatoms. The zero-order chi connectivity index (χ0) is 10.0. The molecule has 0 bridgehead atoms. The molecule has 0 amide bonds. The van der Waals surface area contributed by atoms with Gasteiger partial charge in [-0.2, -0.15) is 5.10 Å². The van der Waals surface area contributed by atoms with Crippen molar-refractivity contribution in [2.75, 3.05) is 0 Å². The van der Waals surface area contributed by atoms with E-state index in [1.165, 1.54) is 11.3 Å². The highest BCUT2D eigenvalue weighted by atomic mass is 32.1. The number of hydrogen-bond donors (Lipinski definition) is 1. The van der Waals surface area contributed by atoms with E-state index >= 15 is 0 Å². The molecule has 72 valence electrons. The minimum atomic E-state index is 0.480. The Morgan fingerprint density at radius 1 is 1.54 bits per heavy atom. The monoisotopic (exact) mass is 197 g/mol. The van der Waals surface area contributed by atoms with Crippen molar-refractivity contribution in [2.24, 2.45) is 5.73 Å². The molecule has 0 aromatic carbocycles. The predicted octanol–water partition coefficient (Wildman–Crippen LogP) is 1.35. The van der Waals surface area contributed by atoms with Gasteiger partial charge in [-0.1, -0.05) is 19.1 Å². The van der Waals surface area contributed by atoms with E-state index in [0.29, 0.717) is 11.5 Å². The Morgan fingerprint density at radius 3 is 2.54 bits per heavy atom. The fraction of sp³-hybridized carbons (Fsp3) is 0.556.